The Morgan fingerprint density at radius 1 is 0.333 bits per heavy atom. The van der Waals surface area contributed by atoms with Crippen LogP contribution in [0.25, 0.3) is 133 Å². The zero-order chi connectivity index (χ0) is 41.2. The van der Waals surface area contributed by atoms with E-state index in [0.29, 0.717) is 5.58 Å². The van der Waals surface area contributed by atoms with Crippen LogP contribution in [0.15, 0.2) is 211 Å². The van der Waals surface area contributed by atoms with Gasteiger partial charge in [-0.3, -0.25) is 9.97 Å². The summed E-state index contributed by atoms with van der Waals surface area (Å²) in [5.74, 6) is 0. The van der Waals surface area contributed by atoms with Gasteiger partial charge in [-0.2, -0.15) is 0 Å². The van der Waals surface area contributed by atoms with Crippen molar-refractivity contribution in [1.29, 1.82) is 0 Å². The summed E-state index contributed by atoms with van der Waals surface area (Å²) in [7, 11) is 0. The van der Waals surface area contributed by atoms with Crippen molar-refractivity contribution in [3.05, 3.63) is 207 Å². The molecule has 0 spiro atoms. The van der Waals surface area contributed by atoms with Gasteiger partial charge >= 0.3 is 0 Å². The number of furan rings is 1. The maximum Gasteiger partial charge on any atom is 0.163 e. The summed E-state index contributed by atoms with van der Waals surface area (Å²) in [4.78, 5) is 9.96. The molecular formula is C58H34N4O. The van der Waals surface area contributed by atoms with Gasteiger partial charge in [0.1, 0.15) is 11.2 Å². The molecule has 1 aliphatic carbocycles. The highest BCUT2D eigenvalue weighted by Crippen LogP contribution is 2.51. The Hall–Kier alpha value is -8.54. The Morgan fingerprint density at radius 3 is 1.46 bits per heavy atom. The minimum Gasteiger partial charge on any atom is -0.452 e. The number of hydrogen-bond acceptors (Lipinski definition) is 3. The summed E-state index contributed by atoms with van der Waals surface area (Å²) in [5.41, 5.74) is 20.2. The summed E-state index contributed by atoms with van der Waals surface area (Å²) >= 11 is 0. The number of pyridine rings is 2. The first kappa shape index (κ1) is 34.2. The van der Waals surface area contributed by atoms with Gasteiger partial charge in [-0.05, 0) is 111 Å². The van der Waals surface area contributed by atoms with Gasteiger partial charge in [0.25, 0.3) is 0 Å². The Balaban J connectivity index is 1.12. The van der Waals surface area contributed by atoms with Crippen LogP contribution in [0.1, 0.15) is 0 Å². The standard InChI is InChI=1S/C58H34N4O/c1-2-15-37-36(14-1)38-16-3-5-18-40(38)46-33-49(57-58-45(29-31-60-57)56-55(63-58)26-13-30-59-56)54(34-47(46)41-19-6-4-17-39(37)41)62-52-25-12-9-22-44(52)48-32-35(27-28-53(48)62)61-50-23-10-7-20-42(50)43-21-8-11-24-51(43)61/h1-34H. The third kappa shape index (κ3) is 4.82. The van der Waals surface area contributed by atoms with E-state index in [9.17, 15) is 0 Å². The predicted octanol–water partition coefficient (Wildman–Crippen LogP) is 15.2. The molecular weight excluding hydrogens is 769 g/mol. The fraction of sp³-hybridized carbons (Fsp3) is 0. The lowest BCUT2D eigenvalue weighted by molar-refractivity contribution is 0.667. The fourth-order valence-corrected chi connectivity index (χ4v) is 10.5. The molecule has 0 unspecified atom stereocenters. The minimum absolute atomic E-state index is 0.715. The SMILES string of the molecule is c1ccc2c(c1)-c1ccccc1-c1cc(-c3nccc4c3oc3cccnc34)c(-n3c4ccccc4c4cc(-n5c6ccccc6c6ccccc65)ccc43)cc1-c1ccccc1-2. The number of rotatable bonds is 3. The second-order valence-corrected chi connectivity index (χ2v) is 16.5. The molecule has 14 rings (SSSR count). The number of para-hydroxylation sites is 3. The largest absolute Gasteiger partial charge is 0.452 e. The summed E-state index contributed by atoms with van der Waals surface area (Å²) in [5, 5.41) is 5.76. The molecule has 0 N–H and O–H groups in total. The molecule has 0 saturated carbocycles. The van der Waals surface area contributed by atoms with Gasteiger partial charge < -0.3 is 13.6 Å². The van der Waals surface area contributed by atoms with Crippen molar-refractivity contribution >= 4 is 65.7 Å². The van der Waals surface area contributed by atoms with Crippen LogP contribution in [0.5, 0.6) is 0 Å². The van der Waals surface area contributed by atoms with Crippen molar-refractivity contribution in [3.8, 4) is 67.1 Å². The highest BCUT2D eigenvalue weighted by molar-refractivity contribution is 6.14. The van der Waals surface area contributed by atoms with E-state index in [1.165, 1.54) is 66.0 Å². The molecule has 292 valence electrons. The third-order valence-electron chi connectivity index (χ3n) is 13.2. The number of aromatic nitrogens is 4. The van der Waals surface area contributed by atoms with Crippen LogP contribution < -0.4 is 0 Å². The first-order valence-corrected chi connectivity index (χ1v) is 21.4. The van der Waals surface area contributed by atoms with Gasteiger partial charge in [0, 0.05) is 45.2 Å². The monoisotopic (exact) mass is 802 g/mol. The Morgan fingerprint density at radius 2 is 0.841 bits per heavy atom. The summed E-state index contributed by atoms with van der Waals surface area (Å²) < 4.78 is 11.6. The first-order chi connectivity index (χ1) is 31.3. The lowest BCUT2D eigenvalue weighted by Crippen LogP contribution is -2.03. The molecule has 0 radical (unpaired) electrons. The predicted molar refractivity (Wildman–Crippen MR) is 259 cm³/mol. The Bertz CT molecular complexity index is 4000. The maximum atomic E-state index is 6.74. The average molecular weight is 803 g/mol. The normalized spacial score (nSPS) is 12.1. The smallest absolute Gasteiger partial charge is 0.163 e. The van der Waals surface area contributed by atoms with Crippen molar-refractivity contribution in [2.75, 3.05) is 0 Å². The molecule has 0 atom stereocenters. The van der Waals surface area contributed by atoms with Gasteiger partial charge in [-0.1, -0.05) is 127 Å². The van der Waals surface area contributed by atoms with E-state index in [0.717, 1.165) is 61.3 Å². The van der Waals surface area contributed by atoms with Crippen LogP contribution in [-0.4, -0.2) is 19.1 Å². The van der Waals surface area contributed by atoms with E-state index in [2.05, 4.69) is 185 Å². The number of benzene rings is 8. The minimum atomic E-state index is 0.715. The van der Waals surface area contributed by atoms with E-state index in [1.807, 2.05) is 30.6 Å². The van der Waals surface area contributed by atoms with Crippen LogP contribution >= 0.6 is 0 Å². The number of hydrogen-bond donors (Lipinski definition) is 0. The molecule has 63 heavy (non-hydrogen) atoms. The van der Waals surface area contributed by atoms with E-state index in [4.69, 9.17) is 14.4 Å². The van der Waals surface area contributed by atoms with Gasteiger partial charge in [-0.25, -0.2) is 0 Å². The van der Waals surface area contributed by atoms with Crippen LogP contribution in [-0.2, 0) is 0 Å². The van der Waals surface area contributed by atoms with Crippen LogP contribution in [0.3, 0.4) is 0 Å². The van der Waals surface area contributed by atoms with Crippen molar-refractivity contribution in [2.24, 2.45) is 0 Å². The lowest BCUT2D eigenvalue weighted by atomic mass is 9.80. The van der Waals surface area contributed by atoms with Crippen molar-refractivity contribution in [3.63, 3.8) is 0 Å². The van der Waals surface area contributed by atoms with Crippen molar-refractivity contribution in [2.45, 2.75) is 0 Å². The van der Waals surface area contributed by atoms with Crippen molar-refractivity contribution < 1.29 is 4.42 Å². The van der Waals surface area contributed by atoms with E-state index >= 15 is 0 Å². The molecule has 5 nitrogen and oxygen atoms in total. The molecule has 0 amide bonds. The maximum absolute atomic E-state index is 6.74. The zero-order valence-electron chi connectivity index (χ0n) is 33.8. The topological polar surface area (TPSA) is 48.8 Å². The Labute approximate surface area is 361 Å². The van der Waals surface area contributed by atoms with E-state index in [1.54, 1.807) is 0 Å². The summed E-state index contributed by atoms with van der Waals surface area (Å²) in [6.07, 6.45) is 3.72. The zero-order valence-corrected chi connectivity index (χ0v) is 33.8. The molecule has 13 aromatic rings. The molecule has 1 aliphatic rings. The van der Waals surface area contributed by atoms with Crippen LogP contribution in [0.4, 0.5) is 0 Å². The molecule has 0 aliphatic heterocycles. The molecule has 0 saturated heterocycles. The van der Waals surface area contributed by atoms with Gasteiger partial charge in [0.15, 0.2) is 11.2 Å². The first-order valence-electron chi connectivity index (χ1n) is 21.4. The summed E-state index contributed by atoms with van der Waals surface area (Å²) in [6.45, 7) is 0. The second kappa shape index (κ2) is 13.0. The average Bonchev–Trinajstić information content (AvgIpc) is 4.01. The molecule has 5 heteroatoms. The van der Waals surface area contributed by atoms with Crippen LogP contribution in [0, 0.1) is 0 Å². The molecule has 0 bridgehead atoms. The van der Waals surface area contributed by atoms with Gasteiger partial charge in [0.2, 0.25) is 0 Å². The van der Waals surface area contributed by atoms with Gasteiger partial charge in [-0.15, -0.1) is 0 Å². The second-order valence-electron chi connectivity index (χ2n) is 16.5. The summed E-state index contributed by atoms with van der Waals surface area (Å²) in [6, 6.07) is 70.3. The van der Waals surface area contributed by atoms with Crippen LogP contribution in [0.2, 0.25) is 0 Å². The van der Waals surface area contributed by atoms with E-state index < -0.39 is 0 Å². The molecule has 8 aromatic carbocycles. The number of nitrogens with zero attached hydrogens (tertiary/aromatic N) is 4. The fourth-order valence-electron chi connectivity index (χ4n) is 10.5. The quantitative estimate of drug-likeness (QED) is 0.179. The Kier molecular flexibility index (Phi) is 7.05. The van der Waals surface area contributed by atoms with E-state index in [-0.39, 0.29) is 0 Å². The highest BCUT2D eigenvalue weighted by atomic mass is 16.3. The molecule has 0 fully saturated rings. The lowest BCUT2D eigenvalue weighted by Gasteiger charge is -2.25. The van der Waals surface area contributed by atoms with Gasteiger partial charge in [0.05, 0.1) is 33.1 Å². The number of fused-ring (bicyclic) bond motifs is 17. The van der Waals surface area contributed by atoms with Crippen molar-refractivity contribution in [1.82, 2.24) is 19.1 Å². The molecule has 5 heterocycles. The third-order valence-corrected chi connectivity index (χ3v) is 13.2. The highest BCUT2D eigenvalue weighted by Gasteiger charge is 2.27. The molecule has 5 aromatic heterocycles.